The largest absolute Gasteiger partial charge is 0.370 e. The van der Waals surface area contributed by atoms with E-state index < -0.39 is 0 Å². The Bertz CT molecular complexity index is 398. The van der Waals surface area contributed by atoms with Crippen LogP contribution in [0.3, 0.4) is 0 Å². The molecule has 96 valence electrons. The number of guanidine groups is 1. The molecule has 0 aliphatic carbocycles. The van der Waals surface area contributed by atoms with Gasteiger partial charge in [-0.15, -0.1) is 0 Å². The second kappa shape index (κ2) is 5.21. The number of nitrogens with zero attached hydrogens (tertiary/aromatic N) is 3. The number of hydrogen-bond donors (Lipinski definition) is 2. The van der Waals surface area contributed by atoms with Crippen molar-refractivity contribution in [3.05, 3.63) is 17.5 Å². The first-order valence-electron chi connectivity index (χ1n) is 5.91. The molecule has 0 spiro atoms. The van der Waals surface area contributed by atoms with Crippen LogP contribution in [0.25, 0.3) is 0 Å². The molecular weight excluding hydrogens is 214 g/mol. The van der Waals surface area contributed by atoms with Gasteiger partial charge in [0.05, 0.1) is 12.2 Å². The van der Waals surface area contributed by atoms with E-state index in [1.165, 1.54) is 0 Å². The molecule has 5 nitrogen and oxygen atoms in total. The first kappa shape index (κ1) is 13.5. The number of aromatic nitrogens is 2. The monoisotopic (exact) mass is 237 g/mol. The highest BCUT2D eigenvalue weighted by atomic mass is 15.3. The lowest BCUT2D eigenvalue weighted by Crippen LogP contribution is -2.44. The fourth-order valence-corrected chi connectivity index (χ4v) is 1.61. The molecule has 1 aromatic heterocycles. The smallest absolute Gasteiger partial charge is 0.189 e. The van der Waals surface area contributed by atoms with Crippen LogP contribution in [0.4, 0.5) is 0 Å². The van der Waals surface area contributed by atoms with Gasteiger partial charge in [0.1, 0.15) is 0 Å². The maximum Gasteiger partial charge on any atom is 0.189 e. The van der Waals surface area contributed by atoms with Crippen molar-refractivity contribution in [3.63, 3.8) is 0 Å². The molecule has 1 aromatic rings. The van der Waals surface area contributed by atoms with E-state index in [9.17, 15) is 0 Å². The van der Waals surface area contributed by atoms with Crippen molar-refractivity contribution < 1.29 is 0 Å². The number of aryl methyl sites for hydroxylation is 2. The molecule has 0 amide bonds. The van der Waals surface area contributed by atoms with Crippen molar-refractivity contribution in [2.45, 2.75) is 46.2 Å². The summed E-state index contributed by atoms with van der Waals surface area (Å²) in [6.07, 6.45) is 2.91. The summed E-state index contributed by atoms with van der Waals surface area (Å²) < 4.78 is 1.82. The zero-order valence-electron chi connectivity index (χ0n) is 11.4. The maximum absolute atomic E-state index is 5.82. The quantitative estimate of drug-likeness (QED) is 0.613. The Kier molecular flexibility index (Phi) is 4.15. The van der Waals surface area contributed by atoms with Crippen LogP contribution in [0, 0.1) is 0 Å². The lowest BCUT2D eigenvalue weighted by Gasteiger charge is -2.20. The first-order valence-corrected chi connectivity index (χ1v) is 5.91. The normalized spacial score (nSPS) is 12.9. The number of rotatable bonds is 3. The molecule has 0 bridgehead atoms. The molecule has 3 N–H and O–H groups in total. The van der Waals surface area contributed by atoms with Crippen LogP contribution in [0.5, 0.6) is 0 Å². The van der Waals surface area contributed by atoms with Crippen molar-refractivity contribution >= 4 is 5.96 Å². The van der Waals surface area contributed by atoms with Crippen LogP contribution >= 0.6 is 0 Å². The van der Waals surface area contributed by atoms with Gasteiger partial charge in [0.25, 0.3) is 0 Å². The van der Waals surface area contributed by atoms with Gasteiger partial charge in [-0.25, -0.2) is 4.99 Å². The third-order valence-electron chi connectivity index (χ3n) is 2.25. The highest BCUT2D eigenvalue weighted by molar-refractivity contribution is 5.78. The average Bonchev–Trinajstić information content (AvgIpc) is 2.53. The van der Waals surface area contributed by atoms with Gasteiger partial charge in [-0.3, -0.25) is 4.68 Å². The summed E-state index contributed by atoms with van der Waals surface area (Å²) in [5.74, 6) is 0.475. The van der Waals surface area contributed by atoms with Gasteiger partial charge >= 0.3 is 0 Å². The Morgan fingerprint density at radius 3 is 2.71 bits per heavy atom. The van der Waals surface area contributed by atoms with E-state index >= 15 is 0 Å². The fraction of sp³-hybridized carbons (Fsp3) is 0.667. The minimum atomic E-state index is -0.0594. The summed E-state index contributed by atoms with van der Waals surface area (Å²) in [5, 5.41) is 7.50. The van der Waals surface area contributed by atoms with Crippen molar-refractivity contribution in [2.75, 3.05) is 0 Å². The summed E-state index contributed by atoms with van der Waals surface area (Å²) in [4.78, 5) is 4.33. The highest BCUT2D eigenvalue weighted by Crippen LogP contribution is 2.08. The molecular formula is C12H23N5. The zero-order chi connectivity index (χ0) is 13.1. The molecule has 17 heavy (non-hydrogen) atoms. The van der Waals surface area contributed by atoms with E-state index in [1.54, 1.807) is 0 Å². The predicted octanol–water partition coefficient (Wildman–Crippen LogP) is 1.19. The molecule has 0 unspecified atom stereocenters. The molecule has 0 atom stereocenters. The van der Waals surface area contributed by atoms with Crippen molar-refractivity contribution in [2.24, 2.45) is 17.8 Å². The Morgan fingerprint density at radius 2 is 2.18 bits per heavy atom. The lowest BCUT2D eigenvalue weighted by molar-refractivity contribution is 0.508. The lowest BCUT2D eigenvalue weighted by atomic mass is 10.1. The van der Waals surface area contributed by atoms with Crippen molar-refractivity contribution in [1.29, 1.82) is 0 Å². The average molecular weight is 237 g/mol. The summed E-state index contributed by atoms with van der Waals surface area (Å²) in [7, 11) is 1.92. The van der Waals surface area contributed by atoms with Crippen molar-refractivity contribution in [1.82, 2.24) is 15.1 Å². The SMILES string of the molecule is CCc1nn(C)cc1CN=C(N)NC(C)(C)C. The van der Waals surface area contributed by atoms with Crippen LogP contribution in [0.15, 0.2) is 11.2 Å². The number of nitrogens with two attached hydrogens (primary N) is 1. The van der Waals surface area contributed by atoms with Gasteiger partial charge in [-0.05, 0) is 27.2 Å². The Labute approximate surface area is 103 Å². The second-order valence-corrected chi connectivity index (χ2v) is 5.20. The van der Waals surface area contributed by atoms with Gasteiger partial charge in [0.2, 0.25) is 0 Å². The van der Waals surface area contributed by atoms with Crippen molar-refractivity contribution in [3.8, 4) is 0 Å². The van der Waals surface area contributed by atoms with Gasteiger partial charge in [-0.2, -0.15) is 5.10 Å². The van der Waals surface area contributed by atoms with Crippen LogP contribution in [0.2, 0.25) is 0 Å². The van der Waals surface area contributed by atoms with E-state index in [-0.39, 0.29) is 5.54 Å². The van der Waals surface area contributed by atoms with E-state index in [1.807, 2.05) is 17.9 Å². The minimum absolute atomic E-state index is 0.0594. The highest BCUT2D eigenvalue weighted by Gasteiger charge is 2.10. The number of hydrogen-bond acceptors (Lipinski definition) is 2. The van der Waals surface area contributed by atoms with Crippen LogP contribution in [-0.4, -0.2) is 21.3 Å². The standard InChI is InChI=1S/C12H23N5/c1-6-10-9(8-17(5)16-10)7-14-11(13)15-12(2,3)4/h8H,6-7H2,1-5H3,(H3,13,14,15). The molecule has 1 rings (SSSR count). The van der Waals surface area contributed by atoms with E-state index in [4.69, 9.17) is 5.73 Å². The predicted molar refractivity (Wildman–Crippen MR) is 70.8 cm³/mol. The number of aliphatic imine (C=N–C) groups is 1. The molecule has 0 aromatic carbocycles. The third-order valence-corrected chi connectivity index (χ3v) is 2.25. The second-order valence-electron chi connectivity index (χ2n) is 5.20. The van der Waals surface area contributed by atoms with E-state index in [0.717, 1.165) is 17.7 Å². The molecule has 0 aliphatic rings. The molecule has 0 aliphatic heterocycles. The third kappa shape index (κ3) is 4.46. The Hall–Kier alpha value is -1.52. The molecule has 0 radical (unpaired) electrons. The summed E-state index contributed by atoms with van der Waals surface area (Å²) in [5.41, 5.74) is 7.97. The van der Waals surface area contributed by atoms with E-state index in [2.05, 4.69) is 43.1 Å². The minimum Gasteiger partial charge on any atom is -0.370 e. The van der Waals surface area contributed by atoms with E-state index in [0.29, 0.717) is 12.5 Å². The molecule has 0 saturated carbocycles. The van der Waals surface area contributed by atoms with Crippen LogP contribution < -0.4 is 11.1 Å². The molecule has 0 saturated heterocycles. The summed E-state index contributed by atoms with van der Waals surface area (Å²) in [6.45, 7) is 8.82. The molecule has 1 heterocycles. The summed E-state index contributed by atoms with van der Waals surface area (Å²) in [6, 6.07) is 0. The number of nitrogens with one attached hydrogen (secondary N) is 1. The fourth-order valence-electron chi connectivity index (χ4n) is 1.61. The first-order chi connectivity index (χ1) is 7.81. The van der Waals surface area contributed by atoms with Gasteiger partial charge in [0.15, 0.2) is 5.96 Å². The van der Waals surface area contributed by atoms with Crippen LogP contribution in [0.1, 0.15) is 39.0 Å². The van der Waals surface area contributed by atoms with Gasteiger partial charge in [-0.1, -0.05) is 6.92 Å². The Morgan fingerprint density at radius 1 is 1.53 bits per heavy atom. The van der Waals surface area contributed by atoms with Gasteiger partial charge in [0, 0.05) is 24.3 Å². The topological polar surface area (TPSA) is 68.2 Å². The maximum atomic E-state index is 5.82. The van der Waals surface area contributed by atoms with Gasteiger partial charge < -0.3 is 11.1 Å². The Balaban J connectivity index is 2.68. The zero-order valence-corrected chi connectivity index (χ0v) is 11.4. The van der Waals surface area contributed by atoms with Crippen LogP contribution in [-0.2, 0) is 20.0 Å². The summed E-state index contributed by atoms with van der Waals surface area (Å²) >= 11 is 0. The molecule has 5 heteroatoms. The molecule has 0 fully saturated rings.